The van der Waals surface area contributed by atoms with Crippen molar-refractivity contribution in [1.29, 1.82) is 0 Å². The summed E-state index contributed by atoms with van der Waals surface area (Å²) in [6.45, 7) is 30.7. The van der Waals surface area contributed by atoms with Gasteiger partial charge in [0, 0.05) is 22.4 Å². The highest BCUT2D eigenvalue weighted by atomic mass is 28.5. The quantitative estimate of drug-likeness (QED) is 0.117. The van der Waals surface area contributed by atoms with Crippen LogP contribution in [0.3, 0.4) is 0 Å². The molecule has 7 nitrogen and oxygen atoms in total. The van der Waals surface area contributed by atoms with Crippen LogP contribution < -0.4 is 24.1 Å². The lowest BCUT2D eigenvalue weighted by Gasteiger charge is -2.43. The SMILES string of the molecule is COc1ccc(C2=CCOc3c2c2c(c4cc(OC)c(OC)cc34)-c3ccc([Si](C)(C)CC[Si](O[Si](C)(C)C)(O[Si](C)(C)C)O[Si](C)(C)C)cc3C2(C)C)cc1. The molecule has 0 fully saturated rings. The van der Waals surface area contributed by atoms with Gasteiger partial charge >= 0.3 is 8.80 Å². The van der Waals surface area contributed by atoms with Crippen LogP contribution in [0.25, 0.3) is 27.5 Å². The normalized spacial score (nSPS) is 15.5. The molecule has 0 spiro atoms. The van der Waals surface area contributed by atoms with Crippen molar-refractivity contribution in [1.82, 2.24) is 0 Å². The van der Waals surface area contributed by atoms with Gasteiger partial charge in [0.2, 0.25) is 0 Å². The van der Waals surface area contributed by atoms with Gasteiger partial charge in [-0.25, -0.2) is 0 Å². The Morgan fingerprint density at radius 3 is 1.70 bits per heavy atom. The molecular formula is C44H64O7Si5. The molecule has 0 saturated heterocycles. The van der Waals surface area contributed by atoms with Gasteiger partial charge in [0.05, 0.1) is 29.4 Å². The van der Waals surface area contributed by atoms with E-state index in [9.17, 15) is 0 Å². The summed E-state index contributed by atoms with van der Waals surface area (Å²) in [6.07, 6.45) is 2.22. The molecule has 302 valence electrons. The minimum atomic E-state index is -2.99. The van der Waals surface area contributed by atoms with E-state index in [0.717, 1.165) is 45.5 Å². The molecule has 56 heavy (non-hydrogen) atoms. The van der Waals surface area contributed by atoms with Crippen LogP contribution in [0.1, 0.15) is 36.1 Å². The molecule has 0 amide bonds. The molecule has 0 atom stereocenters. The number of hydrogen-bond acceptors (Lipinski definition) is 7. The molecule has 4 aromatic rings. The molecule has 4 aromatic carbocycles. The van der Waals surface area contributed by atoms with Crippen LogP contribution in [0.2, 0.25) is 84.1 Å². The maximum Gasteiger partial charge on any atom is 0.469 e. The first kappa shape index (κ1) is 42.6. The number of benzene rings is 4. The zero-order chi connectivity index (χ0) is 41.2. The summed E-state index contributed by atoms with van der Waals surface area (Å²) < 4.78 is 45.3. The van der Waals surface area contributed by atoms with Crippen LogP contribution in [0.5, 0.6) is 23.0 Å². The maximum absolute atomic E-state index is 7.13. The Kier molecular flexibility index (Phi) is 11.4. The summed E-state index contributed by atoms with van der Waals surface area (Å²) in [4.78, 5) is 0. The molecule has 0 unspecified atom stereocenters. The van der Waals surface area contributed by atoms with Crippen molar-refractivity contribution in [2.75, 3.05) is 27.9 Å². The first-order valence-electron chi connectivity index (χ1n) is 19.9. The molecule has 0 saturated carbocycles. The lowest BCUT2D eigenvalue weighted by Crippen LogP contribution is -2.61. The second kappa shape index (κ2) is 15.0. The highest BCUT2D eigenvalue weighted by Gasteiger charge is 2.51. The monoisotopic (exact) mass is 844 g/mol. The number of hydrogen-bond donors (Lipinski definition) is 0. The topological polar surface area (TPSA) is 64.6 Å². The molecule has 6 rings (SSSR count). The second-order valence-corrected chi connectivity index (χ2v) is 41.3. The lowest BCUT2D eigenvalue weighted by molar-refractivity contribution is 0.254. The van der Waals surface area contributed by atoms with Gasteiger partial charge < -0.3 is 31.3 Å². The molecule has 12 heteroatoms. The molecule has 1 aliphatic heterocycles. The summed E-state index contributed by atoms with van der Waals surface area (Å²) in [5.41, 5.74) is 8.23. The van der Waals surface area contributed by atoms with Gasteiger partial charge in [0.25, 0.3) is 0 Å². The van der Waals surface area contributed by atoms with Crippen molar-refractivity contribution >= 4 is 63.4 Å². The standard InChI is InChI=1S/C44H64O7Si5/c1-44(2)37-27-32(55(15,16)25-26-56(49-52(6,7)8,50-53(9,10)11)51-54(12,13)14)21-22-34(37)40-35-28-38(46-4)39(47-5)29-36(35)43-41(42(40)44)33(23-24-48-43)30-17-19-31(45-3)20-18-30/h17-23,27-29H,24-26H2,1-16H3. The van der Waals surface area contributed by atoms with Crippen LogP contribution in [0.4, 0.5) is 0 Å². The molecule has 2 aliphatic rings. The maximum atomic E-state index is 7.13. The van der Waals surface area contributed by atoms with Crippen LogP contribution in [-0.2, 0) is 17.8 Å². The highest BCUT2D eigenvalue weighted by molar-refractivity contribution is 6.93. The summed E-state index contributed by atoms with van der Waals surface area (Å²) in [7, 11) is -5.89. The number of fused-ring (bicyclic) bond motifs is 8. The fourth-order valence-corrected chi connectivity index (χ4v) is 27.6. The van der Waals surface area contributed by atoms with Crippen molar-refractivity contribution in [2.24, 2.45) is 0 Å². The Balaban J connectivity index is 1.51. The van der Waals surface area contributed by atoms with Crippen LogP contribution in [0, 0.1) is 0 Å². The Hall–Kier alpha value is -2.96. The van der Waals surface area contributed by atoms with Gasteiger partial charge in [-0.2, -0.15) is 0 Å². The van der Waals surface area contributed by atoms with E-state index >= 15 is 0 Å². The van der Waals surface area contributed by atoms with E-state index in [4.69, 9.17) is 31.3 Å². The van der Waals surface area contributed by atoms with Gasteiger partial charge in [0.1, 0.15) is 18.1 Å². The van der Waals surface area contributed by atoms with Crippen LogP contribution in [-0.4, -0.2) is 69.8 Å². The molecule has 0 radical (unpaired) electrons. The third-order valence-electron chi connectivity index (χ3n) is 10.8. The van der Waals surface area contributed by atoms with E-state index in [1.54, 1.807) is 21.3 Å². The van der Waals surface area contributed by atoms with Gasteiger partial charge in [-0.15, -0.1) is 0 Å². The highest BCUT2D eigenvalue weighted by Crippen LogP contribution is 2.59. The van der Waals surface area contributed by atoms with Crippen molar-refractivity contribution in [3.05, 3.63) is 82.9 Å². The minimum Gasteiger partial charge on any atom is -0.497 e. The van der Waals surface area contributed by atoms with Crippen LogP contribution in [0.15, 0.2) is 60.7 Å². The van der Waals surface area contributed by atoms with Gasteiger partial charge in [-0.1, -0.05) is 62.5 Å². The second-order valence-electron chi connectivity index (χ2n) is 19.5. The fourth-order valence-electron chi connectivity index (χ4n) is 8.50. The van der Waals surface area contributed by atoms with E-state index in [-0.39, 0.29) is 5.41 Å². The first-order valence-corrected chi connectivity index (χ1v) is 35.3. The zero-order valence-electron chi connectivity index (χ0n) is 36.8. The van der Waals surface area contributed by atoms with Gasteiger partial charge in [0.15, 0.2) is 36.5 Å². The average Bonchev–Trinajstić information content (AvgIpc) is 3.34. The molecule has 0 aromatic heterocycles. The Labute approximate surface area is 341 Å². The Morgan fingerprint density at radius 1 is 0.625 bits per heavy atom. The summed E-state index contributed by atoms with van der Waals surface area (Å²) in [6, 6.07) is 21.8. The average molecular weight is 845 g/mol. The third-order valence-corrected chi connectivity index (χ3v) is 26.6. The summed E-state index contributed by atoms with van der Waals surface area (Å²) in [5.74, 6) is 3.10. The van der Waals surface area contributed by atoms with Crippen molar-refractivity contribution in [2.45, 2.75) is 103 Å². The lowest BCUT2D eigenvalue weighted by atomic mass is 9.76. The summed E-state index contributed by atoms with van der Waals surface area (Å²) in [5, 5.41) is 3.56. The molecule has 0 bridgehead atoms. The Bertz CT molecular complexity index is 2120. The fraction of sp³-hybridized carbons (Fsp3) is 0.455. The van der Waals surface area contributed by atoms with Crippen molar-refractivity contribution in [3.63, 3.8) is 0 Å². The van der Waals surface area contributed by atoms with Gasteiger partial charge in [-0.3, -0.25) is 0 Å². The van der Waals surface area contributed by atoms with E-state index in [1.807, 2.05) is 12.1 Å². The van der Waals surface area contributed by atoms with Crippen LogP contribution >= 0.6 is 0 Å². The number of methoxy groups -OCH3 is 3. The van der Waals surface area contributed by atoms with Gasteiger partial charge in [-0.05, 0) is 134 Å². The first-order chi connectivity index (χ1) is 25.9. The number of rotatable bonds is 14. The van der Waals surface area contributed by atoms with E-state index in [1.165, 1.54) is 33.0 Å². The van der Waals surface area contributed by atoms with E-state index in [2.05, 4.69) is 134 Å². The molecule has 1 aliphatic carbocycles. The predicted molar refractivity (Wildman–Crippen MR) is 246 cm³/mol. The largest absolute Gasteiger partial charge is 0.497 e. The predicted octanol–water partition coefficient (Wildman–Crippen LogP) is 11.4. The van der Waals surface area contributed by atoms with Crippen molar-refractivity contribution in [3.8, 4) is 34.1 Å². The summed E-state index contributed by atoms with van der Waals surface area (Å²) >= 11 is 0. The third kappa shape index (κ3) is 8.44. The molecule has 0 N–H and O–H groups in total. The molecular weight excluding hydrogens is 781 g/mol. The van der Waals surface area contributed by atoms with Crippen molar-refractivity contribution < 1.29 is 31.3 Å². The van der Waals surface area contributed by atoms with E-state index in [0.29, 0.717) is 18.1 Å². The number of ether oxygens (including phenoxy) is 4. The minimum absolute atomic E-state index is 0.329. The smallest absolute Gasteiger partial charge is 0.469 e. The van der Waals surface area contributed by atoms with E-state index < -0.39 is 41.8 Å². The zero-order valence-corrected chi connectivity index (χ0v) is 41.8. The molecule has 1 heterocycles. The Morgan fingerprint density at radius 2 is 1.18 bits per heavy atom.